The molecule has 0 spiro atoms. The summed E-state index contributed by atoms with van der Waals surface area (Å²) in [7, 11) is 0. The number of rotatable bonds is 5. The summed E-state index contributed by atoms with van der Waals surface area (Å²) in [5, 5.41) is 4.89. The molecule has 1 heterocycles. The van der Waals surface area contributed by atoms with Crippen LogP contribution in [0.25, 0.3) is 11.0 Å². The summed E-state index contributed by atoms with van der Waals surface area (Å²) in [5.74, 6) is 3.23. The van der Waals surface area contributed by atoms with Gasteiger partial charge in [-0.2, -0.15) is 0 Å². The van der Waals surface area contributed by atoms with Gasteiger partial charge in [-0.15, -0.1) is 0 Å². The number of para-hydroxylation sites is 1. The number of benzene rings is 1. The first-order chi connectivity index (χ1) is 10.2. The van der Waals surface area contributed by atoms with Crippen LogP contribution in [-0.2, 0) is 0 Å². The van der Waals surface area contributed by atoms with Crippen molar-refractivity contribution in [3.05, 3.63) is 36.1 Å². The van der Waals surface area contributed by atoms with Crippen LogP contribution in [-0.4, -0.2) is 13.1 Å². The smallest absolute Gasteiger partial charge is 0.134 e. The molecule has 1 aromatic carbocycles. The van der Waals surface area contributed by atoms with Gasteiger partial charge in [0.1, 0.15) is 11.3 Å². The van der Waals surface area contributed by atoms with Gasteiger partial charge in [0, 0.05) is 11.3 Å². The highest BCUT2D eigenvalue weighted by atomic mass is 16.3. The van der Waals surface area contributed by atoms with Crippen molar-refractivity contribution in [3.8, 4) is 0 Å². The van der Waals surface area contributed by atoms with Crippen molar-refractivity contribution in [2.45, 2.75) is 45.4 Å². The van der Waals surface area contributed by atoms with E-state index in [9.17, 15) is 0 Å². The van der Waals surface area contributed by atoms with Crippen LogP contribution in [0.1, 0.15) is 51.2 Å². The molecule has 114 valence electrons. The Balaban J connectivity index is 1.73. The standard InChI is InChI=1S/C19H27NO/c1-14(2)12-20-13-16-8-3-5-9-17(16)19-11-15-7-4-6-10-18(15)21-19/h4,6-7,10-11,14,16-17,20H,3,5,8-9,12-13H2,1-2H3. The highest BCUT2D eigenvalue weighted by Crippen LogP contribution is 2.39. The fraction of sp³-hybridized carbons (Fsp3) is 0.579. The van der Waals surface area contributed by atoms with E-state index in [0.717, 1.165) is 30.5 Å². The molecule has 2 atom stereocenters. The van der Waals surface area contributed by atoms with Crippen LogP contribution >= 0.6 is 0 Å². The fourth-order valence-electron chi connectivity index (χ4n) is 3.57. The van der Waals surface area contributed by atoms with Gasteiger partial charge in [-0.1, -0.05) is 44.9 Å². The molecule has 21 heavy (non-hydrogen) atoms. The summed E-state index contributed by atoms with van der Waals surface area (Å²) in [6.45, 7) is 6.78. The summed E-state index contributed by atoms with van der Waals surface area (Å²) in [6.07, 6.45) is 5.30. The van der Waals surface area contributed by atoms with Gasteiger partial charge >= 0.3 is 0 Å². The fourth-order valence-corrected chi connectivity index (χ4v) is 3.57. The maximum absolute atomic E-state index is 6.14. The van der Waals surface area contributed by atoms with E-state index in [1.165, 1.54) is 36.8 Å². The third-order valence-corrected chi connectivity index (χ3v) is 4.68. The summed E-state index contributed by atoms with van der Waals surface area (Å²) >= 11 is 0. The van der Waals surface area contributed by atoms with Crippen LogP contribution in [0.5, 0.6) is 0 Å². The van der Waals surface area contributed by atoms with E-state index in [2.05, 4.69) is 49.5 Å². The van der Waals surface area contributed by atoms with Gasteiger partial charge in [0.2, 0.25) is 0 Å². The number of hydrogen-bond acceptors (Lipinski definition) is 2. The number of fused-ring (bicyclic) bond motifs is 1. The van der Waals surface area contributed by atoms with E-state index in [0.29, 0.717) is 5.92 Å². The lowest BCUT2D eigenvalue weighted by atomic mass is 9.77. The van der Waals surface area contributed by atoms with Gasteiger partial charge in [0.05, 0.1) is 0 Å². The lowest BCUT2D eigenvalue weighted by molar-refractivity contribution is 0.265. The van der Waals surface area contributed by atoms with Crippen molar-refractivity contribution in [1.29, 1.82) is 0 Å². The molecule has 1 N–H and O–H groups in total. The highest BCUT2D eigenvalue weighted by molar-refractivity contribution is 5.77. The third kappa shape index (κ3) is 3.49. The molecule has 2 heteroatoms. The van der Waals surface area contributed by atoms with Crippen LogP contribution < -0.4 is 5.32 Å². The van der Waals surface area contributed by atoms with Crippen molar-refractivity contribution in [1.82, 2.24) is 5.32 Å². The molecule has 1 fully saturated rings. The maximum Gasteiger partial charge on any atom is 0.134 e. The molecule has 0 aliphatic heterocycles. The summed E-state index contributed by atoms with van der Waals surface area (Å²) in [6, 6.07) is 10.6. The van der Waals surface area contributed by atoms with E-state index in [-0.39, 0.29) is 0 Å². The van der Waals surface area contributed by atoms with Crippen LogP contribution in [0.3, 0.4) is 0 Å². The molecular formula is C19H27NO. The molecule has 0 saturated heterocycles. The predicted molar refractivity (Wildman–Crippen MR) is 88.6 cm³/mol. The van der Waals surface area contributed by atoms with Crippen molar-refractivity contribution >= 4 is 11.0 Å². The highest BCUT2D eigenvalue weighted by Gasteiger charge is 2.28. The van der Waals surface area contributed by atoms with Crippen molar-refractivity contribution in [2.75, 3.05) is 13.1 Å². The molecule has 1 aromatic heterocycles. The van der Waals surface area contributed by atoms with Gasteiger partial charge in [0.15, 0.2) is 0 Å². The second-order valence-corrected chi connectivity index (χ2v) is 6.89. The predicted octanol–water partition coefficient (Wildman–Crippen LogP) is 4.95. The molecule has 0 radical (unpaired) electrons. The van der Waals surface area contributed by atoms with Crippen molar-refractivity contribution in [3.63, 3.8) is 0 Å². The zero-order chi connectivity index (χ0) is 14.7. The number of furan rings is 1. The maximum atomic E-state index is 6.14. The van der Waals surface area contributed by atoms with E-state index >= 15 is 0 Å². The topological polar surface area (TPSA) is 25.2 Å². The van der Waals surface area contributed by atoms with Crippen LogP contribution in [0, 0.1) is 11.8 Å². The van der Waals surface area contributed by atoms with E-state index in [1.807, 2.05) is 0 Å². The molecule has 1 aliphatic carbocycles. The molecule has 1 saturated carbocycles. The van der Waals surface area contributed by atoms with Crippen LogP contribution in [0.2, 0.25) is 0 Å². The first-order valence-electron chi connectivity index (χ1n) is 8.43. The Labute approximate surface area is 127 Å². The monoisotopic (exact) mass is 285 g/mol. The lowest BCUT2D eigenvalue weighted by Crippen LogP contribution is -2.31. The Hall–Kier alpha value is -1.28. The summed E-state index contributed by atoms with van der Waals surface area (Å²) in [4.78, 5) is 0. The SMILES string of the molecule is CC(C)CNCC1CCCCC1c1cc2ccccc2o1. The summed E-state index contributed by atoms with van der Waals surface area (Å²) < 4.78 is 6.14. The molecular weight excluding hydrogens is 258 g/mol. The lowest BCUT2D eigenvalue weighted by Gasteiger charge is -2.30. The molecule has 2 aromatic rings. The molecule has 0 bridgehead atoms. The average molecular weight is 285 g/mol. The number of nitrogens with one attached hydrogen (secondary N) is 1. The largest absolute Gasteiger partial charge is 0.461 e. The Morgan fingerprint density at radius 3 is 2.81 bits per heavy atom. The van der Waals surface area contributed by atoms with E-state index in [4.69, 9.17) is 4.42 Å². The molecule has 0 amide bonds. The summed E-state index contributed by atoms with van der Waals surface area (Å²) in [5.41, 5.74) is 1.03. The third-order valence-electron chi connectivity index (χ3n) is 4.68. The first kappa shape index (κ1) is 14.6. The van der Waals surface area contributed by atoms with Gasteiger partial charge in [0.25, 0.3) is 0 Å². The van der Waals surface area contributed by atoms with E-state index in [1.54, 1.807) is 0 Å². The minimum atomic E-state index is 0.589. The Kier molecular flexibility index (Phi) is 4.64. The first-order valence-corrected chi connectivity index (χ1v) is 8.43. The Bertz CT molecular complexity index is 539. The molecule has 1 aliphatic rings. The second kappa shape index (κ2) is 6.65. The Morgan fingerprint density at radius 1 is 1.19 bits per heavy atom. The number of hydrogen-bond donors (Lipinski definition) is 1. The van der Waals surface area contributed by atoms with Crippen molar-refractivity contribution in [2.24, 2.45) is 11.8 Å². The second-order valence-electron chi connectivity index (χ2n) is 6.89. The van der Waals surface area contributed by atoms with Crippen molar-refractivity contribution < 1.29 is 4.42 Å². The molecule has 3 rings (SSSR count). The zero-order valence-corrected chi connectivity index (χ0v) is 13.3. The Morgan fingerprint density at radius 2 is 2.00 bits per heavy atom. The van der Waals surface area contributed by atoms with Crippen LogP contribution in [0.15, 0.2) is 34.7 Å². The minimum absolute atomic E-state index is 0.589. The van der Waals surface area contributed by atoms with Gasteiger partial charge in [-0.05, 0) is 49.9 Å². The van der Waals surface area contributed by atoms with Gasteiger partial charge in [-0.25, -0.2) is 0 Å². The quantitative estimate of drug-likeness (QED) is 0.840. The molecule has 2 nitrogen and oxygen atoms in total. The van der Waals surface area contributed by atoms with Gasteiger partial charge < -0.3 is 9.73 Å². The zero-order valence-electron chi connectivity index (χ0n) is 13.3. The average Bonchev–Trinajstić information content (AvgIpc) is 2.91. The minimum Gasteiger partial charge on any atom is -0.461 e. The van der Waals surface area contributed by atoms with E-state index < -0.39 is 0 Å². The van der Waals surface area contributed by atoms with Gasteiger partial charge in [-0.3, -0.25) is 0 Å². The molecule has 2 unspecified atom stereocenters. The normalized spacial score (nSPS) is 23.0. The van der Waals surface area contributed by atoms with Crippen LogP contribution in [0.4, 0.5) is 0 Å².